The summed E-state index contributed by atoms with van der Waals surface area (Å²) in [5.41, 5.74) is 3.43. The second kappa shape index (κ2) is 10.1. The SMILES string of the molecule is COc1cc(C2=C(c3ccc(SC)cc3)CC(O[SiH2]C(C)(C)C)C2=O)cc(OC)c1OC. The van der Waals surface area contributed by atoms with Crippen molar-refractivity contribution in [3.63, 3.8) is 0 Å². The fourth-order valence-electron chi connectivity index (χ4n) is 3.77. The summed E-state index contributed by atoms with van der Waals surface area (Å²) in [6.45, 7) is 6.48. The van der Waals surface area contributed by atoms with Gasteiger partial charge >= 0.3 is 0 Å². The van der Waals surface area contributed by atoms with Crippen molar-refractivity contribution in [2.45, 2.75) is 43.2 Å². The molecule has 2 aromatic rings. The summed E-state index contributed by atoms with van der Waals surface area (Å²) in [6.07, 6.45) is 2.16. The van der Waals surface area contributed by atoms with Crippen LogP contribution in [0.25, 0.3) is 11.1 Å². The van der Waals surface area contributed by atoms with Crippen molar-refractivity contribution in [2.75, 3.05) is 27.6 Å². The number of ketones is 1. The van der Waals surface area contributed by atoms with Crippen LogP contribution in [0.5, 0.6) is 17.2 Å². The first-order valence-electron chi connectivity index (χ1n) is 10.6. The molecule has 1 atom stereocenters. The molecule has 0 aliphatic heterocycles. The van der Waals surface area contributed by atoms with E-state index in [0.29, 0.717) is 29.2 Å². The molecule has 1 unspecified atom stereocenters. The average Bonchev–Trinajstić information content (AvgIpc) is 3.12. The Labute approximate surface area is 197 Å². The van der Waals surface area contributed by atoms with Gasteiger partial charge in [-0.1, -0.05) is 32.9 Å². The number of benzene rings is 2. The van der Waals surface area contributed by atoms with Crippen molar-refractivity contribution in [1.29, 1.82) is 0 Å². The largest absolute Gasteiger partial charge is 0.493 e. The summed E-state index contributed by atoms with van der Waals surface area (Å²) < 4.78 is 22.8. The molecule has 2 aromatic carbocycles. The molecule has 1 aliphatic rings. The Morgan fingerprint density at radius 1 is 0.938 bits per heavy atom. The van der Waals surface area contributed by atoms with E-state index in [9.17, 15) is 4.79 Å². The maximum absolute atomic E-state index is 13.6. The summed E-state index contributed by atoms with van der Waals surface area (Å²) in [7, 11) is 3.84. The standard InChI is InChI=1S/C25H32O5SSi/c1-25(2,3)32-30-19-14-18(15-8-10-17(31-7)11-9-15)22(23(19)26)16-12-20(27-4)24(29-6)21(13-16)28-5/h8-13,19H,14,32H2,1-7H3. The molecule has 172 valence electrons. The van der Waals surface area contributed by atoms with Gasteiger partial charge in [-0.15, -0.1) is 11.8 Å². The number of carbonyl (C=O) groups is 1. The number of hydrogen-bond donors (Lipinski definition) is 0. The molecular weight excluding hydrogens is 440 g/mol. The molecule has 1 aliphatic carbocycles. The van der Waals surface area contributed by atoms with E-state index in [0.717, 1.165) is 16.7 Å². The van der Waals surface area contributed by atoms with Crippen molar-refractivity contribution < 1.29 is 23.4 Å². The lowest BCUT2D eigenvalue weighted by atomic mass is 9.96. The van der Waals surface area contributed by atoms with E-state index in [2.05, 4.69) is 51.3 Å². The highest BCUT2D eigenvalue weighted by Gasteiger charge is 2.36. The Hall–Kier alpha value is -2.22. The van der Waals surface area contributed by atoms with Crippen molar-refractivity contribution in [1.82, 2.24) is 0 Å². The van der Waals surface area contributed by atoms with Crippen LogP contribution >= 0.6 is 11.8 Å². The lowest BCUT2D eigenvalue weighted by Gasteiger charge is -2.20. The lowest BCUT2D eigenvalue weighted by molar-refractivity contribution is -0.119. The zero-order chi connectivity index (χ0) is 23.5. The van der Waals surface area contributed by atoms with Gasteiger partial charge in [0.1, 0.15) is 6.10 Å². The van der Waals surface area contributed by atoms with Crippen molar-refractivity contribution >= 4 is 38.5 Å². The van der Waals surface area contributed by atoms with Crippen LogP contribution in [-0.2, 0) is 9.22 Å². The molecule has 0 aromatic heterocycles. The van der Waals surface area contributed by atoms with Crippen LogP contribution in [0.2, 0.25) is 5.04 Å². The monoisotopic (exact) mass is 472 g/mol. The van der Waals surface area contributed by atoms with Crippen LogP contribution in [-0.4, -0.2) is 49.2 Å². The lowest BCUT2D eigenvalue weighted by Crippen LogP contribution is -2.26. The zero-order valence-electron chi connectivity index (χ0n) is 19.9. The molecule has 0 radical (unpaired) electrons. The third kappa shape index (κ3) is 5.22. The van der Waals surface area contributed by atoms with Crippen molar-refractivity contribution in [3.05, 3.63) is 47.5 Å². The molecular formula is C25H32O5SSi. The molecule has 7 heteroatoms. The van der Waals surface area contributed by atoms with E-state index >= 15 is 0 Å². The van der Waals surface area contributed by atoms with Gasteiger partial charge in [-0.05, 0) is 52.3 Å². The van der Waals surface area contributed by atoms with Crippen LogP contribution in [0.15, 0.2) is 41.3 Å². The Kier molecular flexibility index (Phi) is 7.74. The molecule has 32 heavy (non-hydrogen) atoms. The molecule has 0 saturated heterocycles. The maximum atomic E-state index is 13.6. The predicted molar refractivity (Wildman–Crippen MR) is 134 cm³/mol. The van der Waals surface area contributed by atoms with Gasteiger partial charge in [0.15, 0.2) is 27.0 Å². The first kappa shape index (κ1) is 24.4. The van der Waals surface area contributed by atoms with E-state index < -0.39 is 15.9 Å². The molecule has 0 fully saturated rings. The number of rotatable bonds is 8. The zero-order valence-corrected chi connectivity index (χ0v) is 22.1. The number of methoxy groups -OCH3 is 3. The topological polar surface area (TPSA) is 54.0 Å². The van der Waals surface area contributed by atoms with E-state index in [4.69, 9.17) is 18.6 Å². The quantitative estimate of drug-likeness (QED) is 0.398. The fraction of sp³-hybridized carbons (Fsp3) is 0.400. The molecule has 0 N–H and O–H groups in total. The second-order valence-electron chi connectivity index (χ2n) is 8.92. The first-order valence-corrected chi connectivity index (χ1v) is 13.1. The summed E-state index contributed by atoms with van der Waals surface area (Å²) in [4.78, 5) is 14.8. The highest BCUT2D eigenvalue weighted by molar-refractivity contribution is 7.98. The van der Waals surface area contributed by atoms with Gasteiger partial charge in [0.2, 0.25) is 5.75 Å². The maximum Gasteiger partial charge on any atom is 0.203 e. The number of hydrogen-bond acceptors (Lipinski definition) is 6. The fourth-order valence-corrected chi connectivity index (χ4v) is 5.15. The predicted octanol–water partition coefficient (Wildman–Crippen LogP) is 5.01. The highest BCUT2D eigenvalue weighted by atomic mass is 32.2. The molecule has 3 rings (SSSR count). The van der Waals surface area contributed by atoms with Gasteiger partial charge < -0.3 is 18.6 Å². The van der Waals surface area contributed by atoms with Crippen LogP contribution in [0.1, 0.15) is 38.3 Å². The van der Waals surface area contributed by atoms with E-state index in [1.165, 1.54) is 4.90 Å². The van der Waals surface area contributed by atoms with Crippen LogP contribution in [0, 0.1) is 0 Å². The Bertz CT molecular complexity index is 983. The Balaban J connectivity index is 2.12. The second-order valence-corrected chi connectivity index (χ2v) is 12.5. The molecule has 0 saturated carbocycles. The van der Waals surface area contributed by atoms with E-state index in [1.54, 1.807) is 33.1 Å². The summed E-state index contributed by atoms with van der Waals surface area (Å²) in [6, 6.07) is 12.0. The summed E-state index contributed by atoms with van der Waals surface area (Å²) >= 11 is 1.69. The summed E-state index contributed by atoms with van der Waals surface area (Å²) in [5.74, 6) is 1.56. The first-order chi connectivity index (χ1) is 15.2. The van der Waals surface area contributed by atoms with Crippen molar-refractivity contribution in [3.8, 4) is 17.2 Å². The van der Waals surface area contributed by atoms with E-state index in [1.807, 2.05) is 12.1 Å². The Morgan fingerprint density at radius 2 is 1.53 bits per heavy atom. The number of ether oxygens (including phenoxy) is 3. The third-order valence-electron chi connectivity index (χ3n) is 5.34. The van der Waals surface area contributed by atoms with Gasteiger partial charge in [-0.2, -0.15) is 0 Å². The normalized spacial score (nSPS) is 16.8. The number of carbonyl (C=O) groups excluding carboxylic acids is 1. The van der Waals surface area contributed by atoms with Gasteiger partial charge in [0.05, 0.1) is 21.3 Å². The number of Topliss-reactive ketones (excluding diaryl/α,β-unsaturated/α-hetero) is 1. The van der Waals surface area contributed by atoms with Gasteiger partial charge in [0, 0.05) is 16.9 Å². The average molecular weight is 473 g/mol. The summed E-state index contributed by atoms with van der Waals surface area (Å²) in [5, 5.41) is 0.107. The van der Waals surface area contributed by atoms with E-state index in [-0.39, 0.29) is 10.8 Å². The highest BCUT2D eigenvalue weighted by Crippen LogP contribution is 2.45. The van der Waals surface area contributed by atoms with Crippen LogP contribution in [0.3, 0.4) is 0 Å². The Morgan fingerprint density at radius 3 is 2.00 bits per heavy atom. The van der Waals surface area contributed by atoms with Crippen LogP contribution in [0.4, 0.5) is 0 Å². The molecule has 0 spiro atoms. The van der Waals surface area contributed by atoms with Gasteiger partial charge in [-0.25, -0.2) is 0 Å². The molecule has 0 bridgehead atoms. The minimum Gasteiger partial charge on any atom is -0.493 e. The minimum absolute atomic E-state index is 0.0139. The van der Waals surface area contributed by atoms with Gasteiger partial charge in [-0.3, -0.25) is 4.79 Å². The van der Waals surface area contributed by atoms with Gasteiger partial charge in [0.25, 0.3) is 0 Å². The van der Waals surface area contributed by atoms with Crippen LogP contribution < -0.4 is 14.2 Å². The third-order valence-corrected chi connectivity index (χ3v) is 7.52. The smallest absolute Gasteiger partial charge is 0.203 e. The van der Waals surface area contributed by atoms with Crippen molar-refractivity contribution in [2.24, 2.45) is 0 Å². The molecule has 0 heterocycles. The molecule has 0 amide bonds. The minimum atomic E-state index is -0.882. The number of thioether (sulfide) groups is 1. The molecule has 5 nitrogen and oxygen atoms in total.